The van der Waals surface area contributed by atoms with Crippen molar-refractivity contribution in [3.8, 4) is 5.75 Å². The Kier molecular flexibility index (Phi) is 4.21. The maximum atomic E-state index is 5.74. The molecule has 0 saturated heterocycles. The summed E-state index contributed by atoms with van der Waals surface area (Å²) in [6, 6.07) is 7.41. The first kappa shape index (κ1) is 13.6. The second-order valence-electron chi connectivity index (χ2n) is 3.92. The highest BCUT2D eigenvalue weighted by molar-refractivity contribution is 9.10. The summed E-state index contributed by atoms with van der Waals surface area (Å²) in [7, 11) is 1.63. The van der Waals surface area contributed by atoms with Gasteiger partial charge >= 0.3 is 0 Å². The number of rotatable bonds is 4. The van der Waals surface area contributed by atoms with Crippen LogP contribution in [-0.4, -0.2) is 17.1 Å². The third kappa shape index (κ3) is 3.35. The van der Waals surface area contributed by atoms with Crippen molar-refractivity contribution in [1.82, 2.24) is 9.97 Å². The van der Waals surface area contributed by atoms with E-state index in [2.05, 4.69) is 31.2 Å². The molecule has 3 N–H and O–H groups in total. The fourth-order valence-electron chi connectivity index (χ4n) is 1.63. The molecule has 0 radical (unpaired) electrons. The van der Waals surface area contributed by atoms with Gasteiger partial charge in [-0.25, -0.2) is 9.97 Å². The van der Waals surface area contributed by atoms with Crippen molar-refractivity contribution in [2.45, 2.75) is 13.3 Å². The van der Waals surface area contributed by atoms with Gasteiger partial charge in [0.25, 0.3) is 0 Å². The molecule has 0 amide bonds. The average molecular weight is 323 g/mol. The van der Waals surface area contributed by atoms with E-state index in [0.29, 0.717) is 11.6 Å². The number of anilines is 3. The fourth-order valence-corrected chi connectivity index (χ4v) is 2.17. The van der Waals surface area contributed by atoms with Gasteiger partial charge in [0, 0.05) is 18.2 Å². The van der Waals surface area contributed by atoms with Crippen LogP contribution in [0.25, 0.3) is 0 Å². The van der Waals surface area contributed by atoms with Gasteiger partial charge in [0.15, 0.2) is 0 Å². The topological polar surface area (TPSA) is 73.1 Å². The number of aryl methyl sites for hydroxylation is 1. The quantitative estimate of drug-likeness (QED) is 0.904. The lowest BCUT2D eigenvalue weighted by molar-refractivity contribution is 0.412. The van der Waals surface area contributed by atoms with E-state index < -0.39 is 0 Å². The van der Waals surface area contributed by atoms with E-state index >= 15 is 0 Å². The van der Waals surface area contributed by atoms with Crippen molar-refractivity contribution in [2.75, 3.05) is 18.2 Å². The van der Waals surface area contributed by atoms with Gasteiger partial charge in [0.1, 0.15) is 23.2 Å². The van der Waals surface area contributed by atoms with Crippen LogP contribution in [-0.2, 0) is 6.42 Å². The monoisotopic (exact) mass is 322 g/mol. The number of hydrogen-bond acceptors (Lipinski definition) is 5. The summed E-state index contributed by atoms with van der Waals surface area (Å²) in [5.74, 6) is 2.64. The SMILES string of the molecule is CCc1nc(N)cc(Nc2ccc(OC)c(Br)c2)n1. The summed E-state index contributed by atoms with van der Waals surface area (Å²) in [6.45, 7) is 1.99. The summed E-state index contributed by atoms with van der Waals surface area (Å²) in [5, 5.41) is 3.19. The highest BCUT2D eigenvalue weighted by Gasteiger charge is 2.04. The third-order valence-electron chi connectivity index (χ3n) is 2.53. The van der Waals surface area contributed by atoms with E-state index in [1.54, 1.807) is 13.2 Å². The van der Waals surface area contributed by atoms with Crippen molar-refractivity contribution in [3.63, 3.8) is 0 Å². The second-order valence-corrected chi connectivity index (χ2v) is 4.78. The van der Waals surface area contributed by atoms with Gasteiger partial charge in [-0.05, 0) is 34.1 Å². The van der Waals surface area contributed by atoms with Crippen molar-refractivity contribution < 1.29 is 4.74 Å². The molecule has 0 bridgehead atoms. The Morgan fingerprint density at radius 3 is 2.74 bits per heavy atom. The van der Waals surface area contributed by atoms with Crippen molar-refractivity contribution in [2.24, 2.45) is 0 Å². The van der Waals surface area contributed by atoms with Crippen LogP contribution in [0.15, 0.2) is 28.7 Å². The number of nitrogens with two attached hydrogens (primary N) is 1. The molecule has 100 valence electrons. The highest BCUT2D eigenvalue weighted by atomic mass is 79.9. The molecule has 2 rings (SSSR count). The lowest BCUT2D eigenvalue weighted by Crippen LogP contribution is -2.02. The molecule has 0 aliphatic heterocycles. The van der Waals surface area contributed by atoms with E-state index in [1.165, 1.54) is 0 Å². The molecule has 0 fully saturated rings. The minimum absolute atomic E-state index is 0.460. The van der Waals surface area contributed by atoms with Gasteiger partial charge in [-0.1, -0.05) is 6.92 Å². The average Bonchev–Trinajstić information content (AvgIpc) is 2.38. The maximum absolute atomic E-state index is 5.74. The number of benzene rings is 1. The molecule has 2 aromatic rings. The first-order valence-electron chi connectivity index (χ1n) is 5.86. The van der Waals surface area contributed by atoms with Crippen LogP contribution in [0.1, 0.15) is 12.7 Å². The van der Waals surface area contributed by atoms with Crippen LogP contribution in [0.4, 0.5) is 17.3 Å². The van der Waals surface area contributed by atoms with E-state index in [0.717, 1.165) is 28.2 Å². The Bertz CT molecular complexity index is 589. The molecule has 0 aliphatic rings. The molecule has 0 saturated carbocycles. The summed E-state index contributed by atoms with van der Waals surface area (Å²) in [6.07, 6.45) is 0.742. The van der Waals surface area contributed by atoms with Gasteiger partial charge in [0.2, 0.25) is 0 Å². The molecule has 0 unspecified atom stereocenters. The van der Waals surface area contributed by atoms with Gasteiger partial charge in [0.05, 0.1) is 11.6 Å². The molecule has 0 atom stereocenters. The van der Waals surface area contributed by atoms with Crippen molar-refractivity contribution in [3.05, 3.63) is 34.6 Å². The zero-order chi connectivity index (χ0) is 13.8. The Balaban J connectivity index is 2.25. The van der Waals surface area contributed by atoms with Crippen LogP contribution in [0.2, 0.25) is 0 Å². The molecule has 5 nitrogen and oxygen atoms in total. The largest absolute Gasteiger partial charge is 0.496 e. The van der Waals surface area contributed by atoms with E-state index in [-0.39, 0.29) is 0 Å². The first-order valence-corrected chi connectivity index (χ1v) is 6.65. The van der Waals surface area contributed by atoms with Crippen LogP contribution in [0, 0.1) is 0 Å². The summed E-state index contributed by atoms with van der Waals surface area (Å²) in [4.78, 5) is 8.51. The molecule has 1 heterocycles. The molecular formula is C13H15BrN4O. The molecule has 19 heavy (non-hydrogen) atoms. The molecular weight excluding hydrogens is 308 g/mol. The first-order chi connectivity index (χ1) is 9.12. The highest BCUT2D eigenvalue weighted by Crippen LogP contribution is 2.29. The standard InChI is InChI=1S/C13H15BrN4O/c1-3-12-17-11(15)7-13(18-12)16-8-4-5-10(19-2)9(14)6-8/h4-7H,3H2,1-2H3,(H3,15,16,17,18). The van der Waals surface area contributed by atoms with E-state index in [4.69, 9.17) is 10.5 Å². The third-order valence-corrected chi connectivity index (χ3v) is 3.15. The normalized spacial score (nSPS) is 10.3. The minimum atomic E-state index is 0.460. The number of hydrogen-bond donors (Lipinski definition) is 2. The van der Waals surface area contributed by atoms with Crippen LogP contribution < -0.4 is 15.8 Å². The fraction of sp³-hybridized carbons (Fsp3) is 0.231. The van der Waals surface area contributed by atoms with Crippen LogP contribution >= 0.6 is 15.9 Å². The van der Waals surface area contributed by atoms with Gasteiger partial charge in [-0.15, -0.1) is 0 Å². The van der Waals surface area contributed by atoms with Crippen LogP contribution in [0.5, 0.6) is 5.75 Å². The Morgan fingerprint density at radius 1 is 1.32 bits per heavy atom. The molecule has 0 aliphatic carbocycles. The zero-order valence-electron chi connectivity index (χ0n) is 10.8. The second kappa shape index (κ2) is 5.88. The molecule has 6 heteroatoms. The number of nitrogens with zero attached hydrogens (tertiary/aromatic N) is 2. The smallest absolute Gasteiger partial charge is 0.136 e. The van der Waals surface area contributed by atoms with E-state index in [9.17, 15) is 0 Å². The summed E-state index contributed by atoms with van der Waals surface area (Å²) < 4.78 is 6.06. The maximum Gasteiger partial charge on any atom is 0.136 e. The number of nitrogen functional groups attached to an aromatic ring is 1. The Labute approximate surface area is 120 Å². The number of nitrogens with one attached hydrogen (secondary N) is 1. The van der Waals surface area contributed by atoms with Gasteiger partial charge in [-0.3, -0.25) is 0 Å². The Hall–Kier alpha value is -1.82. The lowest BCUT2D eigenvalue weighted by atomic mass is 10.3. The minimum Gasteiger partial charge on any atom is -0.496 e. The summed E-state index contributed by atoms with van der Waals surface area (Å²) >= 11 is 3.44. The lowest BCUT2D eigenvalue weighted by Gasteiger charge is -2.09. The van der Waals surface area contributed by atoms with Crippen molar-refractivity contribution >= 4 is 33.3 Å². The van der Waals surface area contributed by atoms with Gasteiger partial charge < -0.3 is 15.8 Å². The van der Waals surface area contributed by atoms with Gasteiger partial charge in [-0.2, -0.15) is 0 Å². The number of ether oxygens (including phenoxy) is 1. The van der Waals surface area contributed by atoms with Crippen LogP contribution in [0.3, 0.4) is 0 Å². The predicted molar refractivity (Wildman–Crippen MR) is 79.8 cm³/mol. The zero-order valence-corrected chi connectivity index (χ0v) is 12.4. The summed E-state index contributed by atoms with van der Waals surface area (Å²) in [5.41, 5.74) is 6.64. The van der Waals surface area contributed by atoms with E-state index in [1.807, 2.05) is 25.1 Å². The predicted octanol–water partition coefficient (Wildman–Crippen LogP) is 3.14. The Morgan fingerprint density at radius 2 is 2.11 bits per heavy atom. The molecule has 1 aromatic carbocycles. The molecule has 0 spiro atoms. The number of aromatic nitrogens is 2. The number of halogens is 1. The number of methoxy groups -OCH3 is 1. The molecule has 1 aromatic heterocycles. The van der Waals surface area contributed by atoms with Crippen molar-refractivity contribution in [1.29, 1.82) is 0 Å².